The van der Waals surface area contributed by atoms with Crippen LogP contribution >= 0.6 is 0 Å². The third-order valence-electron chi connectivity index (χ3n) is 5.41. The van der Waals surface area contributed by atoms with Crippen molar-refractivity contribution in [1.82, 2.24) is 5.32 Å². The lowest BCUT2D eigenvalue weighted by molar-refractivity contribution is -0.138. The minimum atomic E-state index is -4.50. The zero-order valence-electron chi connectivity index (χ0n) is 16.0. The van der Waals surface area contributed by atoms with E-state index in [0.29, 0.717) is 30.8 Å². The van der Waals surface area contributed by atoms with E-state index >= 15 is 0 Å². The number of carbonyl (C=O) groups excluding carboxylic acids is 1. The van der Waals surface area contributed by atoms with Gasteiger partial charge in [0.25, 0.3) is 0 Å². The van der Waals surface area contributed by atoms with Crippen LogP contribution in [0.3, 0.4) is 0 Å². The molecule has 0 amide bonds. The smallest absolute Gasteiger partial charge is 0.420 e. The summed E-state index contributed by atoms with van der Waals surface area (Å²) in [6.45, 7) is 3.06. The van der Waals surface area contributed by atoms with Crippen molar-refractivity contribution in [2.75, 3.05) is 6.54 Å². The first-order chi connectivity index (χ1) is 13.4. The second kappa shape index (κ2) is 8.95. The molecular formula is C22H26F3NO2. The fourth-order valence-corrected chi connectivity index (χ4v) is 3.86. The van der Waals surface area contributed by atoms with Gasteiger partial charge in [0.15, 0.2) is 0 Å². The first-order valence-corrected chi connectivity index (χ1v) is 9.83. The maximum Gasteiger partial charge on any atom is 0.420 e. The van der Waals surface area contributed by atoms with E-state index in [9.17, 15) is 18.0 Å². The Balaban J connectivity index is 1.93. The van der Waals surface area contributed by atoms with Gasteiger partial charge in [-0.3, -0.25) is 0 Å². The highest BCUT2D eigenvalue weighted by Gasteiger charge is 2.37. The van der Waals surface area contributed by atoms with Gasteiger partial charge < -0.3 is 14.8 Å². The van der Waals surface area contributed by atoms with E-state index in [-0.39, 0.29) is 17.2 Å². The fourth-order valence-electron chi connectivity index (χ4n) is 3.86. The standard InChI is InChI=1S/C22H26F3NO2/c1-15-6-8-17(9-7-15)28-20-11-10-18-16(14-26-12-3-13-27)4-2-5-19(18)21(20)22(23,24)25/h2,4-5,10-11,13,15,17,26H,3,6-9,12,14H2,1H3. The molecule has 1 N–H and O–H groups in total. The number of benzene rings is 2. The minimum absolute atomic E-state index is 0.0781. The topological polar surface area (TPSA) is 38.3 Å². The summed E-state index contributed by atoms with van der Waals surface area (Å²) in [6, 6.07) is 8.11. The minimum Gasteiger partial charge on any atom is -0.490 e. The van der Waals surface area contributed by atoms with Gasteiger partial charge in [0, 0.05) is 19.5 Å². The van der Waals surface area contributed by atoms with Gasteiger partial charge in [-0.05, 0) is 54.0 Å². The van der Waals surface area contributed by atoms with Crippen LogP contribution in [0, 0.1) is 5.92 Å². The van der Waals surface area contributed by atoms with Crippen molar-refractivity contribution in [3.8, 4) is 5.75 Å². The van der Waals surface area contributed by atoms with Crippen LogP contribution in [-0.4, -0.2) is 18.9 Å². The Bertz CT molecular complexity index is 811. The number of fused-ring (bicyclic) bond motifs is 1. The van der Waals surface area contributed by atoms with Crippen molar-refractivity contribution in [2.45, 2.75) is 57.9 Å². The zero-order valence-corrected chi connectivity index (χ0v) is 16.0. The highest BCUT2D eigenvalue weighted by Crippen LogP contribution is 2.43. The summed E-state index contributed by atoms with van der Waals surface area (Å²) in [7, 11) is 0. The van der Waals surface area contributed by atoms with Gasteiger partial charge in [-0.2, -0.15) is 13.2 Å². The normalized spacial score (nSPS) is 20.3. The molecule has 1 aliphatic rings. The van der Waals surface area contributed by atoms with Crippen molar-refractivity contribution < 1.29 is 22.7 Å². The Hall–Kier alpha value is -2.08. The van der Waals surface area contributed by atoms with E-state index in [1.807, 2.05) is 0 Å². The number of carbonyl (C=O) groups is 1. The van der Waals surface area contributed by atoms with E-state index in [0.717, 1.165) is 37.5 Å². The molecule has 0 heterocycles. The molecule has 0 aliphatic heterocycles. The molecule has 1 aliphatic carbocycles. The molecule has 3 nitrogen and oxygen atoms in total. The van der Waals surface area contributed by atoms with E-state index in [4.69, 9.17) is 4.74 Å². The summed E-state index contributed by atoms with van der Waals surface area (Å²) < 4.78 is 47.7. The lowest BCUT2D eigenvalue weighted by Gasteiger charge is -2.28. The van der Waals surface area contributed by atoms with Crippen LogP contribution in [0.15, 0.2) is 30.3 Å². The van der Waals surface area contributed by atoms with Gasteiger partial charge in [0.1, 0.15) is 17.6 Å². The first-order valence-electron chi connectivity index (χ1n) is 9.83. The number of hydrogen-bond donors (Lipinski definition) is 1. The zero-order chi connectivity index (χ0) is 20.1. The summed E-state index contributed by atoms with van der Waals surface area (Å²) in [5.74, 6) is 0.526. The van der Waals surface area contributed by atoms with E-state index in [1.54, 1.807) is 18.2 Å². The first kappa shape index (κ1) is 20.6. The number of aldehydes is 1. The van der Waals surface area contributed by atoms with Crippen LogP contribution in [0.1, 0.15) is 50.2 Å². The molecule has 152 valence electrons. The van der Waals surface area contributed by atoms with Crippen LogP contribution < -0.4 is 10.1 Å². The molecule has 1 saturated carbocycles. The lowest BCUT2D eigenvalue weighted by Crippen LogP contribution is -2.24. The Morgan fingerprint density at radius 2 is 1.86 bits per heavy atom. The molecule has 3 rings (SSSR count). The highest BCUT2D eigenvalue weighted by molar-refractivity contribution is 5.91. The Labute approximate surface area is 163 Å². The summed E-state index contributed by atoms with van der Waals surface area (Å²) in [4.78, 5) is 10.4. The van der Waals surface area contributed by atoms with Crippen LogP contribution in [0.5, 0.6) is 5.75 Å². The lowest BCUT2D eigenvalue weighted by atomic mass is 9.89. The summed E-state index contributed by atoms with van der Waals surface area (Å²) in [5.41, 5.74) is 0.0744. The van der Waals surface area contributed by atoms with E-state index in [2.05, 4.69) is 12.2 Å². The number of nitrogens with one attached hydrogen (secondary N) is 1. The van der Waals surface area contributed by atoms with Crippen LogP contribution in [0.4, 0.5) is 13.2 Å². The van der Waals surface area contributed by atoms with Crippen molar-refractivity contribution in [2.24, 2.45) is 5.92 Å². The Kier molecular flexibility index (Phi) is 6.60. The number of alkyl halides is 3. The second-order valence-corrected chi connectivity index (χ2v) is 7.58. The van der Waals surface area contributed by atoms with Crippen LogP contribution in [0.2, 0.25) is 0 Å². The maximum absolute atomic E-state index is 13.9. The third-order valence-corrected chi connectivity index (χ3v) is 5.41. The molecule has 2 aromatic rings. The predicted octanol–water partition coefficient (Wildman–Crippen LogP) is 5.49. The molecule has 1 fully saturated rings. The molecule has 2 aromatic carbocycles. The van der Waals surface area contributed by atoms with Crippen molar-refractivity contribution in [1.29, 1.82) is 0 Å². The Morgan fingerprint density at radius 3 is 2.54 bits per heavy atom. The monoisotopic (exact) mass is 393 g/mol. The van der Waals surface area contributed by atoms with Gasteiger partial charge >= 0.3 is 6.18 Å². The predicted molar refractivity (Wildman–Crippen MR) is 103 cm³/mol. The molecule has 0 spiro atoms. The molecule has 6 heteroatoms. The summed E-state index contributed by atoms with van der Waals surface area (Å²) in [6.07, 6.45) is 0.0634. The SMILES string of the molecule is CC1CCC(Oc2ccc3c(CNCCC=O)cccc3c2C(F)(F)F)CC1. The van der Waals surface area contributed by atoms with Gasteiger partial charge in [0.2, 0.25) is 0 Å². The van der Waals surface area contributed by atoms with Crippen molar-refractivity contribution in [3.63, 3.8) is 0 Å². The largest absolute Gasteiger partial charge is 0.490 e. The quantitative estimate of drug-likeness (QED) is 0.499. The number of ether oxygens (including phenoxy) is 1. The van der Waals surface area contributed by atoms with Gasteiger partial charge in [-0.1, -0.05) is 31.2 Å². The van der Waals surface area contributed by atoms with E-state index < -0.39 is 11.7 Å². The van der Waals surface area contributed by atoms with Crippen molar-refractivity contribution in [3.05, 3.63) is 41.5 Å². The molecule has 0 saturated heterocycles. The van der Waals surface area contributed by atoms with Gasteiger partial charge in [0.05, 0.1) is 6.10 Å². The van der Waals surface area contributed by atoms with Crippen LogP contribution in [-0.2, 0) is 17.5 Å². The number of rotatable bonds is 7. The van der Waals surface area contributed by atoms with Crippen LogP contribution in [0.25, 0.3) is 10.8 Å². The second-order valence-electron chi connectivity index (χ2n) is 7.58. The molecule has 0 bridgehead atoms. The fraction of sp³-hybridized carbons (Fsp3) is 0.500. The van der Waals surface area contributed by atoms with Crippen molar-refractivity contribution >= 4 is 17.1 Å². The summed E-state index contributed by atoms with van der Waals surface area (Å²) in [5, 5.41) is 3.80. The van der Waals surface area contributed by atoms with Gasteiger partial charge in [-0.25, -0.2) is 0 Å². The molecular weight excluding hydrogens is 367 g/mol. The number of hydrogen-bond acceptors (Lipinski definition) is 3. The van der Waals surface area contributed by atoms with E-state index in [1.165, 1.54) is 12.1 Å². The number of halogens is 3. The molecule has 0 radical (unpaired) electrons. The highest BCUT2D eigenvalue weighted by atomic mass is 19.4. The summed E-state index contributed by atoms with van der Waals surface area (Å²) >= 11 is 0. The third kappa shape index (κ3) is 4.85. The molecule has 0 unspecified atom stereocenters. The average molecular weight is 393 g/mol. The molecule has 0 aromatic heterocycles. The maximum atomic E-state index is 13.9. The average Bonchev–Trinajstić information content (AvgIpc) is 2.66. The van der Waals surface area contributed by atoms with Gasteiger partial charge in [-0.15, -0.1) is 0 Å². The Morgan fingerprint density at radius 1 is 1.11 bits per heavy atom. The molecule has 0 atom stereocenters. The molecule has 28 heavy (non-hydrogen) atoms.